The lowest BCUT2D eigenvalue weighted by Crippen LogP contribution is -2.17. The van der Waals surface area contributed by atoms with Gasteiger partial charge in [-0.05, 0) is 42.0 Å². The Morgan fingerprint density at radius 1 is 1.05 bits per heavy atom. The molecule has 14 heteroatoms. The number of carbonyl (C=O) groups is 1. The van der Waals surface area contributed by atoms with Crippen molar-refractivity contribution in [2.24, 2.45) is 7.05 Å². The molecule has 2 heterocycles. The van der Waals surface area contributed by atoms with E-state index in [2.05, 4.69) is 42.3 Å². The fourth-order valence-corrected chi connectivity index (χ4v) is 3.26. The van der Waals surface area contributed by atoms with Crippen molar-refractivity contribution in [3.8, 4) is 16.9 Å². The molecule has 0 unspecified atom stereocenters. The molecular weight excluding hydrogens is 513 g/mol. The number of hydrogen-bond acceptors (Lipinski definition) is 7. The van der Waals surface area contributed by atoms with E-state index in [1.54, 1.807) is 13.2 Å². The van der Waals surface area contributed by atoms with Crippen molar-refractivity contribution in [2.45, 2.75) is 6.36 Å². The summed E-state index contributed by atoms with van der Waals surface area (Å²) in [6.45, 7) is 3.35. The summed E-state index contributed by atoms with van der Waals surface area (Å²) in [5, 5.41) is 12.2. The maximum Gasteiger partial charge on any atom is 0.573 e. The van der Waals surface area contributed by atoms with Gasteiger partial charge < -0.3 is 20.7 Å². The third-order valence-corrected chi connectivity index (χ3v) is 4.89. The number of nitrogens with zero attached hydrogens (tertiary/aromatic N) is 4. The van der Waals surface area contributed by atoms with E-state index in [1.165, 1.54) is 35.3 Å². The second kappa shape index (κ2) is 10.5. The molecule has 0 radical (unpaired) electrons. The monoisotopic (exact) mass is 531 g/mol. The van der Waals surface area contributed by atoms with Gasteiger partial charge in [0.25, 0.3) is 0 Å². The Kier molecular flexibility index (Phi) is 7.23. The minimum absolute atomic E-state index is 0.0265. The summed E-state index contributed by atoms with van der Waals surface area (Å²) in [7, 11) is 1.70. The summed E-state index contributed by atoms with van der Waals surface area (Å²) >= 11 is 0. The molecule has 0 spiro atoms. The number of halogens is 5. The summed E-state index contributed by atoms with van der Waals surface area (Å²) in [5.74, 6) is -3.52. The van der Waals surface area contributed by atoms with Crippen molar-refractivity contribution >= 4 is 34.7 Å². The van der Waals surface area contributed by atoms with Crippen LogP contribution in [0.2, 0.25) is 0 Å². The quantitative estimate of drug-likeness (QED) is 0.199. The van der Waals surface area contributed by atoms with Crippen molar-refractivity contribution in [3.05, 3.63) is 79.3 Å². The molecule has 1 amide bonds. The highest BCUT2D eigenvalue weighted by atomic mass is 19.4. The molecule has 0 saturated carbocycles. The molecular formula is C24H18F5N7O2. The number of rotatable bonds is 8. The Morgan fingerprint density at radius 3 is 2.50 bits per heavy atom. The normalized spacial score (nSPS) is 11.1. The highest BCUT2D eigenvalue weighted by molar-refractivity contribution is 5.99. The number of amides is 1. The average molecular weight is 531 g/mol. The van der Waals surface area contributed by atoms with Crippen LogP contribution >= 0.6 is 0 Å². The van der Waals surface area contributed by atoms with E-state index in [0.717, 1.165) is 24.3 Å². The summed E-state index contributed by atoms with van der Waals surface area (Å²) in [6, 6.07) is 6.48. The summed E-state index contributed by atoms with van der Waals surface area (Å²) in [5.41, 5.74) is 0.855. The molecule has 0 aliphatic rings. The predicted molar refractivity (Wildman–Crippen MR) is 129 cm³/mol. The van der Waals surface area contributed by atoms with Crippen LogP contribution in [0.4, 0.5) is 50.8 Å². The Hall–Kier alpha value is -5.01. The van der Waals surface area contributed by atoms with Gasteiger partial charge in [-0.3, -0.25) is 9.48 Å². The van der Waals surface area contributed by atoms with Gasteiger partial charge in [0.2, 0.25) is 11.9 Å². The first-order valence-electron chi connectivity index (χ1n) is 10.7. The largest absolute Gasteiger partial charge is 0.573 e. The van der Waals surface area contributed by atoms with Gasteiger partial charge in [-0.15, -0.1) is 13.2 Å². The molecule has 0 saturated heterocycles. The van der Waals surface area contributed by atoms with Gasteiger partial charge in [-0.25, -0.2) is 13.8 Å². The number of aryl methyl sites for hydroxylation is 1. The molecule has 4 rings (SSSR count). The zero-order valence-electron chi connectivity index (χ0n) is 19.5. The van der Waals surface area contributed by atoms with Crippen LogP contribution in [-0.4, -0.2) is 32.0 Å². The molecule has 196 valence electrons. The van der Waals surface area contributed by atoms with Crippen LogP contribution in [-0.2, 0) is 11.8 Å². The first-order valence-corrected chi connectivity index (χ1v) is 10.7. The fourth-order valence-electron chi connectivity index (χ4n) is 3.26. The van der Waals surface area contributed by atoms with Crippen molar-refractivity contribution in [3.63, 3.8) is 0 Å². The fraction of sp³-hybridized carbons (Fsp3) is 0.0833. The van der Waals surface area contributed by atoms with Crippen LogP contribution in [0.3, 0.4) is 0 Å². The van der Waals surface area contributed by atoms with Crippen LogP contribution in [0.25, 0.3) is 11.1 Å². The van der Waals surface area contributed by atoms with Crippen molar-refractivity contribution in [1.82, 2.24) is 19.7 Å². The molecule has 4 aromatic rings. The third kappa shape index (κ3) is 6.40. The Bertz CT molecular complexity index is 1500. The van der Waals surface area contributed by atoms with Gasteiger partial charge in [-0.2, -0.15) is 10.1 Å². The highest BCUT2D eigenvalue weighted by Gasteiger charge is 2.32. The average Bonchev–Trinajstić information content (AvgIpc) is 3.26. The van der Waals surface area contributed by atoms with Gasteiger partial charge in [0.15, 0.2) is 11.6 Å². The van der Waals surface area contributed by atoms with Gasteiger partial charge in [-0.1, -0.05) is 12.6 Å². The molecule has 3 N–H and O–H groups in total. The zero-order valence-corrected chi connectivity index (χ0v) is 19.5. The number of aromatic nitrogens is 4. The van der Waals surface area contributed by atoms with Gasteiger partial charge >= 0.3 is 6.36 Å². The Labute approximate surface area is 212 Å². The van der Waals surface area contributed by atoms with Gasteiger partial charge in [0.1, 0.15) is 11.6 Å². The molecule has 2 aromatic carbocycles. The Morgan fingerprint density at radius 2 is 1.84 bits per heavy atom. The molecule has 0 aliphatic carbocycles. The van der Waals surface area contributed by atoms with Crippen LogP contribution in [0.5, 0.6) is 5.75 Å². The molecule has 0 atom stereocenters. The first kappa shape index (κ1) is 26.1. The van der Waals surface area contributed by atoms with E-state index in [0.29, 0.717) is 5.69 Å². The highest BCUT2D eigenvalue weighted by Crippen LogP contribution is 2.34. The molecule has 0 bridgehead atoms. The summed E-state index contributed by atoms with van der Waals surface area (Å²) in [4.78, 5) is 20.1. The number of hydrogen-bond donors (Lipinski definition) is 3. The number of benzene rings is 2. The molecule has 0 aliphatic heterocycles. The minimum Gasteiger partial charge on any atom is -0.403 e. The topological polar surface area (TPSA) is 106 Å². The standard InChI is InChI=1S/C24H18F5N7O2/c1-3-21(37)32-14-5-6-17(25)19(9-14)34-22-16(11-30-23(35-22)33-15-10-31-36(2)12-15)13-4-7-20(18(26)8-13)38-24(27,28)29/h3-12H,1H2,2H3,(H,32,37)(H2,30,33,34,35). The van der Waals surface area contributed by atoms with Gasteiger partial charge in [0.05, 0.1) is 17.6 Å². The molecule has 2 aromatic heterocycles. The Balaban J connectivity index is 1.74. The first-order chi connectivity index (χ1) is 18.0. The van der Waals surface area contributed by atoms with Crippen molar-refractivity contribution in [2.75, 3.05) is 16.0 Å². The summed E-state index contributed by atoms with van der Waals surface area (Å²) in [6.07, 6.45) is 0.376. The van der Waals surface area contributed by atoms with Crippen molar-refractivity contribution in [1.29, 1.82) is 0 Å². The maximum absolute atomic E-state index is 14.7. The van der Waals surface area contributed by atoms with Crippen LogP contribution in [0.1, 0.15) is 0 Å². The number of nitrogens with one attached hydrogen (secondary N) is 3. The van der Waals surface area contributed by atoms with Crippen LogP contribution in [0.15, 0.2) is 67.6 Å². The molecule has 38 heavy (non-hydrogen) atoms. The number of anilines is 5. The smallest absolute Gasteiger partial charge is 0.403 e. The number of ether oxygens (including phenoxy) is 1. The van der Waals surface area contributed by atoms with Crippen LogP contribution < -0.4 is 20.7 Å². The second-order valence-electron chi connectivity index (χ2n) is 7.69. The predicted octanol–water partition coefficient (Wildman–Crippen LogP) is 5.67. The number of alkyl halides is 3. The van der Waals surface area contributed by atoms with E-state index in [1.807, 2.05) is 0 Å². The van der Waals surface area contributed by atoms with Crippen molar-refractivity contribution < 1.29 is 31.5 Å². The maximum atomic E-state index is 14.7. The van der Waals surface area contributed by atoms with E-state index in [4.69, 9.17) is 0 Å². The third-order valence-electron chi connectivity index (χ3n) is 4.89. The van der Waals surface area contributed by atoms with Crippen LogP contribution in [0, 0.1) is 11.6 Å². The van der Waals surface area contributed by atoms with E-state index in [-0.39, 0.29) is 34.3 Å². The molecule has 0 fully saturated rings. The van der Waals surface area contributed by atoms with E-state index < -0.39 is 29.7 Å². The zero-order chi connectivity index (χ0) is 27.4. The lowest BCUT2D eigenvalue weighted by Gasteiger charge is -2.15. The lowest BCUT2D eigenvalue weighted by molar-refractivity contribution is -0.275. The lowest BCUT2D eigenvalue weighted by atomic mass is 10.1. The summed E-state index contributed by atoms with van der Waals surface area (Å²) < 4.78 is 72.0. The SMILES string of the molecule is C=CC(=O)Nc1ccc(F)c(Nc2nc(Nc3cnn(C)c3)ncc2-c2ccc(OC(F)(F)F)c(F)c2)c1. The van der Waals surface area contributed by atoms with E-state index in [9.17, 15) is 26.7 Å². The molecule has 9 nitrogen and oxygen atoms in total. The van der Waals surface area contributed by atoms with E-state index >= 15 is 0 Å². The number of carbonyl (C=O) groups excluding carboxylic acids is 1. The second-order valence-corrected chi connectivity index (χ2v) is 7.69. The van der Waals surface area contributed by atoms with Gasteiger partial charge in [0, 0.05) is 30.7 Å². The minimum atomic E-state index is -5.08.